The summed E-state index contributed by atoms with van der Waals surface area (Å²) in [4.78, 5) is 16.6. The molecule has 4 rings (SSSR count). The van der Waals surface area contributed by atoms with Gasteiger partial charge in [-0.25, -0.2) is 0 Å². The Morgan fingerprint density at radius 1 is 1.11 bits per heavy atom. The number of H-pyrrole nitrogens is 1. The van der Waals surface area contributed by atoms with Crippen LogP contribution >= 0.6 is 0 Å². The third kappa shape index (κ3) is 3.98. The molecule has 7 heteroatoms. The van der Waals surface area contributed by atoms with E-state index < -0.39 is 0 Å². The summed E-state index contributed by atoms with van der Waals surface area (Å²) in [6, 6.07) is 16.6. The lowest BCUT2D eigenvalue weighted by atomic mass is 10.1. The van der Waals surface area contributed by atoms with Crippen molar-refractivity contribution in [1.29, 1.82) is 0 Å². The number of nitrogens with zero attached hydrogens (tertiary/aromatic N) is 3. The zero-order valence-electron chi connectivity index (χ0n) is 15.3. The van der Waals surface area contributed by atoms with Crippen LogP contribution in [0.4, 0.5) is 0 Å². The zero-order valence-corrected chi connectivity index (χ0v) is 15.3. The molecule has 1 atom stereocenters. The van der Waals surface area contributed by atoms with Crippen LogP contribution in [-0.4, -0.2) is 26.3 Å². The summed E-state index contributed by atoms with van der Waals surface area (Å²) in [5.41, 5.74) is 3.94. The van der Waals surface area contributed by atoms with Crippen LogP contribution in [0.15, 0.2) is 67.0 Å². The Hall–Kier alpha value is -3.74. The van der Waals surface area contributed by atoms with Gasteiger partial charge in [0.1, 0.15) is 23.4 Å². The van der Waals surface area contributed by atoms with Crippen molar-refractivity contribution < 1.29 is 9.53 Å². The number of fused-ring (bicyclic) bond motifs is 1. The van der Waals surface area contributed by atoms with E-state index in [1.165, 1.54) is 0 Å². The molecule has 2 heterocycles. The highest BCUT2D eigenvalue weighted by atomic mass is 16.5. The Morgan fingerprint density at radius 3 is 2.71 bits per heavy atom. The van der Waals surface area contributed by atoms with E-state index in [1.54, 1.807) is 30.6 Å². The van der Waals surface area contributed by atoms with Crippen molar-refractivity contribution in [2.45, 2.75) is 19.6 Å². The summed E-state index contributed by atoms with van der Waals surface area (Å²) in [6.45, 7) is 2.40. The largest absolute Gasteiger partial charge is 0.489 e. The van der Waals surface area contributed by atoms with Gasteiger partial charge in [-0.15, -0.1) is 0 Å². The summed E-state index contributed by atoms with van der Waals surface area (Å²) >= 11 is 0. The number of aromatic amines is 1. The predicted octanol–water partition coefficient (Wildman–Crippen LogP) is 3.42. The molecule has 0 aliphatic rings. The first kappa shape index (κ1) is 17.7. The van der Waals surface area contributed by atoms with E-state index >= 15 is 0 Å². The maximum Gasteiger partial charge on any atom is 0.251 e. The number of aromatic nitrogens is 4. The van der Waals surface area contributed by atoms with Crippen LogP contribution in [0, 0.1) is 0 Å². The summed E-state index contributed by atoms with van der Waals surface area (Å²) in [7, 11) is 0. The third-order valence-electron chi connectivity index (χ3n) is 4.43. The van der Waals surface area contributed by atoms with Gasteiger partial charge in [0.25, 0.3) is 5.91 Å². The molecular formula is C21H19N5O2. The number of nitrogens with one attached hydrogen (secondary N) is 2. The molecule has 4 aromatic rings. The molecule has 2 N–H and O–H groups in total. The molecule has 0 radical (unpaired) electrons. The van der Waals surface area contributed by atoms with Crippen molar-refractivity contribution in [3.05, 3.63) is 83.7 Å². The fourth-order valence-corrected chi connectivity index (χ4v) is 2.85. The number of benzene rings is 2. The Balaban J connectivity index is 1.37. The molecule has 2 aromatic heterocycles. The van der Waals surface area contributed by atoms with E-state index in [2.05, 4.69) is 25.7 Å². The van der Waals surface area contributed by atoms with E-state index in [4.69, 9.17) is 4.74 Å². The van der Waals surface area contributed by atoms with Gasteiger partial charge in [-0.1, -0.05) is 18.2 Å². The molecule has 0 saturated carbocycles. The number of ether oxygens (including phenoxy) is 1. The van der Waals surface area contributed by atoms with E-state index in [0.29, 0.717) is 17.7 Å². The lowest BCUT2D eigenvalue weighted by Crippen LogP contribution is -2.26. The second kappa shape index (κ2) is 7.87. The first-order valence-electron chi connectivity index (χ1n) is 8.92. The van der Waals surface area contributed by atoms with Crippen LogP contribution in [0.1, 0.15) is 34.5 Å². The van der Waals surface area contributed by atoms with Crippen molar-refractivity contribution in [1.82, 2.24) is 25.7 Å². The SMILES string of the molecule is CC(NC(=O)c1ccc2n[nH]nc2c1)c1ccc(OCc2cccnc2)cc1. The van der Waals surface area contributed by atoms with Crippen LogP contribution in [0.3, 0.4) is 0 Å². The molecule has 1 unspecified atom stereocenters. The number of hydrogen-bond acceptors (Lipinski definition) is 5. The van der Waals surface area contributed by atoms with Crippen molar-refractivity contribution in [3.8, 4) is 5.75 Å². The number of rotatable bonds is 6. The Bertz CT molecular complexity index is 1080. The second-order valence-corrected chi connectivity index (χ2v) is 6.44. The molecule has 7 nitrogen and oxygen atoms in total. The van der Waals surface area contributed by atoms with Gasteiger partial charge in [0.15, 0.2) is 0 Å². The number of carbonyl (C=O) groups excluding carboxylic acids is 1. The van der Waals surface area contributed by atoms with Gasteiger partial charge < -0.3 is 10.1 Å². The minimum atomic E-state index is -0.158. The van der Waals surface area contributed by atoms with Crippen LogP contribution in [0.25, 0.3) is 11.0 Å². The fourth-order valence-electron chi connectivity index (χ4n) is 2.85. The molecule has 1 amide bonds. The molecule has 0 fully saturated rings. The first-order chi connectivity index (χ1) is 13.7. The molecule has 0 aliphatic carbocycles. The van der Waals surface area contributed by atoms with E-state index in [-0.39, 0.29) is 11.9 Å². The van der Waals surface area contributed by atoms with Crippen LogP contribution in [-0.2, 0) is 6.61 Å². The molecular weight excluding hydrogens is 354 g/mol. The highest BCUT2D eigenvalue weighted by Crippen LogP contribution is 2.19. The fraction of sp³-hybridized carbons (Fsp3) is 0.143. The Kier molecular flexibility index (Phi) is 4.97. The second-order valence-electron chi connectivity index (χ2n) is 6.44. The summed E-state index contributed by atoms with van der Waals surface area (Å²) in [5, 5.41) is 13.6. The summed E-state index contributed by atoms with van der Waals surface area (Å²) in [6.07, 6.45) is 3.51. The van der Waals surface area contributed by atoms with E-state index in [1.807, 2.05) is 43.3 Å². The molecule has 0 spiro atoms. The van der Waals surface area contributed by atoms with Crippen molar-refractivity contribution in [2.75, 3.05) is 0 Å². The van der Waals surface area contributed by atoms with Gasteiger partial charge in [-0.2, -0.15) is 15.4 Å². The minimum Gasteiger partial charge on any atom is -0.489 e. The average molecular weight is 373 g/mol. The molecule has 0 saturated heterocycles. The van der Waals surface area contributed by atoms with Crippen molar-refractivity contribution >= 4 is 16.9 Å². The van der Waals surface area contributed by atoms with Gasteiger partial charge in [0, 0.05) is 23.5 Å². The normalized spacial score (nSPS) is 11.9. The third-order valence-corrected chi connectivity index (χ3v) is 4.43. The summed E-state index contributed by atoms with van der Waals surface area (Å²) in [5.74, 6) is 0.608. The van der Waals surface area contributed by atoms with Crippen LogP contribution < -0.4 is 10.1 Å². The van der Waals surface area contributed by atoms with E-state index in [0.717, 1.165) is 22.4 Å². The maximum absolute atomic E-state index is 12.5. The molecule has 28 heavy (non-hydrogen) atoms. The highest BCUT2D eigenvalue weighted by Gasteiger charge is 2.13. The average Bonchev–Trinajstić information content (AvgIpc) is 3.21. The standard InChI is InChI=1S/C21H19N5O2/c1-14(23-21(27)17-6-9-19-20(11-17)25-26-24-19)16-4-7-18(8-5-16)28-13-15-3-2-10-22-12-15/h2-12,14H,13H2,1H3,(H,23,27)(H,24,25,26). The Labute approximate surface area is 161 Å². The lowest BCUT2D eigenvalue weighted by Gasteiger charge is -2.15. The summed E-state index contributed by atoms with van der Waals surface area (Å²) < 4.78 is 5.77. The lowest BCUT2D eigenvalue weighted by molar-refractivity contribution is 0.0940. The number of hydrogen-bond donors (Lipinski definition) is 2. The number of carbonyl (C=O) groups is 1. The van der Waals surface area contributed by atoms with Gasteiger partial charge in [0.2, 0.25) is 0 Å². The van der Waals surface area contributed by atoms with Crippen LogP contribution in [0.5, 0.6) is 5.75 Å². The maximum atomic E-state index is 12.5. The van der Waals surface area contributed by atoms with Gasteiger partial charge in [-0.05, 0) is 48.9 Å². The van der Waals surface area contributed by atoms with Crippen molar-refractivity contribution in [2.24, 2.45) is 0 Å². The molecule has 0 aliphatic heterocycles. The highest BCUT2D eigenvalue weighted by molar-refractivity contribution is 5.97. The smallest absolute Gasteiger partial charge is 0.251 e. The molecule has 2 aromatic carbocycles. The number of pyridine rings is 1. The monoisotopic (exact) mass is 373 g/mol. The van der Waals surface area contributed by atoms with Crippen molar-refractivity contribution in [3.63, 3.8) is 0 Å². The quantitative estimate of drug-likeness (QED) is 0.540. The zero-order chi connectivity index (χ0) is 19.3. The molecule has 0 bridgehead atoms. The molecule has 140 valence electrons. The van der Waals surface area contributed by atoms with Gasteiger partial charge in [-0.3, -0.25) is 9.78 Å². The van der Waals surface area contributed by atoms with Gasteiger partial charge >= 0.3 is 0 Å². The predicted molar refractivity (Wildman–Crippen MR) is 105 cm³/mol. The van der Waals surface area contributed by atoms with Crippen LogP contribution in [0.2, 0.25) is 0 Å². The van der Waals surface area contributed by atoms with Gasteiger partial charge in [0.05, 0.1) is 6.04 Å². The Morgan fingerprint density at radius 2 is 1.93 bits per heavy atom. The first-order valence-corrected chi connectivity index (χ1v) is 8.92. The number of amides is 1. The minimum absolute atomic E-state index is 0.145. The topological polar surface area (TPSA) is 92.8 Å². The van der Waals surface area contributed by atoms with E-state index in [9.17, 15) is 4.79 Å².